The van der Waals surface area contributed by atoms with E-state index in [1.54, 1.807) is 6.07 Å². The molecule has 1 unspecified atom stereocenters. The van der Waals surface area contributed by atoms with Gasteiger partial charge in [-0.15, -0.1) is 0 Å². The number of fused-ring (bicyclic) bond motifs is 3. The first kappa shape index (κ1) is 17.9. The molecule has 4 nitrogen and oxygen atoms in total. The van der Waals surface area contributed by atoms with Crippen molar-refractivity contribution in [3.63, 3.8) is 0 Å². The second-order valence-corrected chi connectivity index (χ2v) is 8.98. The second-order valence-electron chi connectivity index (χ2n) is 8.98. The van der Waals surface area contributed by atoms with Crippen LogP contribution in [0.2, 0.25) is 0 Å². The molecule has 5 rings (SSSR count). The van der Waals surface area contributed by atoms with Gasteiger partial charge in [-0.25, -0.2) is 4.79 Å². The Labute approximate surface area is 169 Å². The van der Waals surface area contributed by atoms with Gasteiger partial charge in [0.2, 0.25) is 0 Å². The van der Waals surface area contributed by atoms with E-state index >= 15 is 0 Å². The van der Waals surface area contributed by atoms with Crippen LogP contribution in [0.3, 0.4) is 0 Å². The third kappa shape index (κ3) is 2.82. The molecule has 0 bridgehead atoms. The van der Waals surface area contributed by atoms with E-state index in [-0.39, 0.29) is 17.1 Å². The molecule has 2 aliphatic rings. The normalized spacial score (nSPS) is 20.2. The lowest BCUT2D eigenvalue weighted by Gasteiger charge is -2.39. The number of ketones is 1. The van der Waals surface area contributed by atoms with E-state index in [0.717, 1.165) is 39.8 Å². The summed E-state index contributed by atoms with van der Waals surface area (Å²) in [5.74, 6) is -0.128. The highest BCUT2D eigenvalue weighted by molar-refractivity contribution is 6.03. The van der Waals surface area contributed by atoms with Crippen LogP contribution in [-0.2, 0) is 4.79 Å². The molecule has 0 saturated heterocycles. The van der Waals surface area contributed by atoms with E-state index in [4.69, 9.17) is 4.42 Å². The molecule has 2 aromatic carbocycles. The lowest BCUT2D eigenvalue weighted by Crippen LogP contribution is -2.35. The lowest BCUT2D eigenvalue weighted by molar-refractivity contribution is -0.118. The summed E-state index contributed by atoms with van der Waals surface area (Å²) in [6.07, 6.45) is 1.23. The third-order valence-corrected chi connectivity index (χ3v) is 6.04. The Morgan fingerprint density at radius 1 is 1.00 bits per heavy atom. The number of rotatable bonds is 1. The van der Waals surface area contributed by atoms with E-state index in [2.05, 4.69) is 43.4 Å². The molecule has 0 saturated carbocycles. The van der Waals surface area contributed by atoms with Gasteiger partial charge in [0.15, 0.2) is 5.78 Å². The molecule has 2 heterocycles. The predicted octanol–water partition coefficient (Wildman–Crippen LogP) is 5.30. The number of hydrogen-bond acceptors (Lipinski definition) is 4. The van der Waals surface area contributed by atoms with Crippen LogP contribution in [0.5, 0.6) is 0 Å². The lowest BCUT2D eigenvalue weighted by atomic mass is 9.68. The molecular weight excluding hydrogens is 362 g/mol. The first-order valence-electron chi connectivity index (χ1n) is 10.00. The fourth-order valence-corrected chi connectivity index (χ4v) is 4.76. The van der Waals surface area contributed by atoms with Gasteiger partial charge in [0, 0.05) is 34.6 Å². The number of carbonyl (C=O) groups is 1. The van der Waals surface area contributed by atoms with E-state index in [9.17, 15) is 9.59 Å². The summed E-state index contributed by atoms with van der Waals surface area (Å²) in [5, 5.41) is 4.17. The van der Waals surface area contributed by atoms with Crippen LogP contribution in [0.4, 0.5) is 5.69 Å². The van der Waals surface area contributed by atoms with E-state index in [0.29, 0.717) is 17.7 Å². The number of para-hydroxylation sites is 1. The summed E-state index contributed by atoms with van der Waals surface area (Å²) in [5.41, 5.74) is 5.13. The van der Waals surface area contributed by atoms with Gasteiger partial charge < -0.3 is 9.73 Å². The van der Waals surface area contributed by atoms with E-state index < -0.39 is 5.63 Å². The van der Waals surface area contributed by atoms with Crippen molar-refractivity contribution in [2.24, 2.45) is 5.41 Å². The number of benzene rings is 2. The molecule has 1 aliphatic heterocycles. The first-order valence-corrected chi connectivity index (χ1v) is 10.00. The number of allylic oxidation sites excluding steroid dienone is 2. The molecule has 0 spiro atoms. The van der Waals surface area contributed by atoms with Crippen LogP contribution in [0.25, 0.3) is 11.0 Å². The zero-order valence-corrected chi connectivity index (χ0v) is 16.8. The maximum absolute atomic E-state index is 13.3. The molecule has 1 atom stereocenters. The van der Waals surface area contributed by atoms with Gasteiger partial charge in [-0.3, -0.25) is 4.79 Å². The van der Waals surface area contributed by atoms with Crippen molar-refractivity contribution in [1.82, 2.24) is 0 Å². The van der Waals surface area contributed by atoms with Crippen molar-refractivity contribution in [3.05, 3.63) is 86.9 Å². The Hall–Kier alpha value is -3.14. The molecule has 1 aliphatic carbocycles. The smallest absolute Gasteiger partial charge is 0.360 e. The fourth-order valence-electron chi connectivity index (χ4n) is 4.76. The molecular formula is C25H23NO3. The molecule has 0 radical (unpaired) electrons. The molecule has 1 N–H and O–H groups in total. The zero-order chi connectivity index (χ0) is 20.3. The standard InChI is InChI=1S/C25H23NO3/c1-14-8-10-15(11-9-14)20-21-16-6-4-5-7-19(16)29-24(28)23(21)26-17-12-25(2,3)13-18(27)22(17)20/h4-11,20,26H,12-13H2,1-3H3. The molecule has 146 valence electrons. The Morgan fingerprint density at radius 3 is 2.48 bits per heavy atom. The minimum Gasteiger partial charge on any atom is -0.421 e. The Kier molecular flexibility index (Phi) is 3.82. The minimum absolute atomic E-state index is 0.144. The Morgan fingerprint density at radius 2 is 1.72 bits per heavy atom. The fraction of sp³-hybridized carbons (Fsp3) is 0.280. The van der Waals surface area contributed by atoms with Crippen LogP contribution >= 0.6 is 0 Å². The van der Waals surface area contributed by atoms with Gasteiger partial charge in [0.05, 0.1) is 0 Å². The highest BCUT2D eigenvalue weighted by atomic mass is 16.4. The molecule has 29 heavy (non-hydrogen) atoms. The number of Topliss-reactive ketones (excluding diaryl/α,β-unsaturated/α-hetero) is 1. The number of aryl methyl sites for hydroxylation is 1. The summed E-state index contributed by atoms with van der Waals surface area (Å²) in [6, 6.07) is 15.8. The molecule has 4 heteroatoms. The van der Waals surface area contributed by atoms with Gasteiger partial charge >= 0.3 is 5.63 Å². The van der Waals surface area contributed by atoms with Gasteiger partial charge in [0.1, 0.15) is 11.3 Å². The zero-order valence-electron chi connectivity index (χ0n) is 16.8. The van der Waals surface area contributed by atoms with Crippen LogP contribution in [0.15, 0.2) is 69.0 Å². The van der Waals surface area contributed by atoms with Gasteiger partial charge in [-0.05, 0) is 30.4 Å². The number of nitrogens with one attached hydrogen (secondary N) is 1. The summed E-state index contributed by atoms with van der Waals surface area (Å²) < 4.78 is 5.60. The van der Waals surface area contributed by atoms with Crippen LogP contribution in [0.1, 0.15) is 49.3 Å². The average Bonchev–Trinajstić information content (AvgIpc) is 2.66. The number of hydrogen-bond donors (Lipinski definition) is 1. The second kappa shape index (κ2) is 6.18. The van der Waals surface area contributed by atoms with E-state index in [1.165, 1.54) is 0 Å². The van der Waals surface area contributed by atoms with Crippen molar-refractivity contribution in [2.45, 2.75) is 39.5 Å². The van der Waals surface area contributed by atoms with Crippen LogP contribution in [-0.4, -0.2) is 5.78 Å². The Balaban J connectivity index is 1.86. The van der Waals surface area contributed by atoms with Gasteiger partial charge in [-0.2, -0.15) is 0 Å². The minimum atomic E-state index is -0.391. The maximum Gasteiger partial charge on any atom is 0.360 e. The molecule has 3 aromatic rings. The SMILES string of the molecule is Cc1ccc(C2C3=C(CC(C)(C)CC3=O)Nc3c2c2ccccc2oc3=O)cc1. The molecule has 0 fully saturated rings. The van der Waals surface area contributed by atoms with Crippen molar-refractivity contribution >= 4 is 22.4 Å². The number of carbonyl (C=O) groups excluding carboxylic acids is 1. The molecule has 1 aromatic heterocycles. The van der Waals surface area contributed by atoms with Crippen LogP contribution in [0, 0.1) is 12.3 Å². The highest BCUT2D eigenvalue weighted by Gasteiger charge is 2.42. The number of anilines is 1. The largest absolute Gasteiger partial charge is 0.421 e. The molecule has 0 amide bonds. The summed E-state index contributed by atoms with van der Waals surface area (Å²) in [7, 11) is 0. The quantitative estimate of drug-likeness (QED) is 0.577. The third-order valence-electron chi connectivity index (χ3n) is 6.04. The predicted molar refractivity (Wildman–Crippen MR) is 114 cm³/mol. The van der Waals surface area contributed by atoms with Crippen molar-refractivity contribution in [3.8, 4) is 0 Å². The average molecular weight is 385 g/mol. The first-order chi connectivity index (χ1) is 13.8. The summed E-state index contributed by atoms with van der Waals surface area (Å²) >= 11 is 0. The van der Waals surface area contributed by atoms with Crippen LogP contribution < -0.4 is 10.9 Å². The van der Waals surface area contributed by atoms with Crippen molar-refractivity contribution in [2.75, 3.05) is 5.32 Å². The topological polar surface area (TPSA) is 59.3 Å². The van der Waals surface area contributed by atoms with Gasteiger partial charge in [0.25, 0.3) is 0 Å². The summed E-state index contributed by atoms with van der Waals surface area (Å²) in [4.78, 5) is 26.2. The maximum atomic E-state index is 13.3. The highest BCUT2D eigenvalue weighted by Crippen LogP contribution is 2.49. The summed E-state index contributed by atoms with van der Waals surface area (Å²) in [6.45, 7) is 6.23. The van der Waals surface area contributed by atoms with E-state index in [1.807, 2.05) is 25.1 Å². The Bertz CT molecular complexity index is 1250. The van der Waals surface area contributed by atoms with Crippen molar-refractivity contribution in [1.29, 1.82) is 0 Å². The monoisotopic (exact) mass is 385 g/mol. The van der Waals surface area contributed by atoms with Gasteiger partial charge in [-0.1, -0.05) is 61.9 Å². The van der Waals surface area contributed by atoms with Crippen molar-refractivity contribution < 1.29 is 9.21 Å².